The summed E-state index contributed by atoms with van der Waals surface area (Å²) < 4.78 is 25.3. The Hall–Kier alpha value is -2.60. The van der Waals surface area contributed by atoms with Crippen LogP contribution in [0, 0.1) is 5.82 Å². The number of hydrogen-bond acceptors (Lipinski definition) is 4. The van der Waals surface area contributed by atoms with Gasteiger partial charge < -0.3 is 14.8 Å². The number of rotatable bonds is 7. The lowest BCUT2D eigenvalue weighted by atomic mass is 9.87. The fourth-order valence-corrected chi connectivity index (χ4v) is 4.07. The highest BCUT2D eigenvalue weighted by molar-refractivity contribution is 5.76. The van der Waals surface area contributed by atoms with Crippen molar-refractivity contribution >= 4 is 5.91 Å². The van der Waals surface area contributed by atoms with Gasteiger partial charge in [-0.2, -0.15) is 0 Å². The molecule has 1 aliphatic rings. The molecule has 2 atom stereocenters. The summed E-state index contributed by atoms with van der Waals surface area (Å²) in [5, 5.41) is 3.09. The van der Waals surface area contributed by atoms with E-state index in [0.29, 0.717) is 30.0 Å². The normalized spacial score (nSPS) is 17.3. The maximum atomic E-state index is 14.3. The first-order valence-corrected chi connectivity index (χ1v) is 10.00. The van der Waals surface area contributed by atoms with Crippen molar-refractivity contribution in [2.75, 3.05) is 20.8 Å². The van der Waals surface area contributed by atoms with Gasteiger partial charge >= 0.3 is 0 Å². The van der Waals surface area contributed by atoms with E-state index >= 15 is 0 Å². The van der Waals surface area contributed by atoms with Crippen LogP contribution in [0.1, 0.15) is 43.0 Å². The molecule has 2 aromatic rings. The number of carbonyl (C=O) groups excluding carboxylic acids is 1. The number of ether oxygens (including phenoxy) is 2. The van der Waals surface area contributed by atoms with E-state index < -0.39 is 0 Å². The van der Waals surface area contributed by atoms with E-state index in [-0.39, 0.29) is 23.8 Å². The molecule has 156 valence electrons. The van der Waals surface area contributed by atoms with E-state index in [4.69, 9.17) is 9.47 Å². The number of benzene rings is 2. The van der Waals surface area contributed by atoms with Crippen LogP contribution in [0.4, 0.5) is 4.39 Å². The monoisotopic (exact) mass is 400 g/mol. The van der Waals surface area contributed by atoms with Gasteiger partial charge in [0.15, 0.2) is 11.5 Å². The minimum atomic E-state index is -0.213. The largest absolute Gasteiger partial charge is 0.493 e. The van der Waals surface area contributed by atoms with Gasteiger partial charge in [-0.25, -0.2) is 4.39 Å². The molecule has 0 spiro atoms. The maximum Gasteiger partial charge on any atom is 0.219 e. The van der Waals surface area contributed by atoms with Gasteiger partial charge in [-0.3, -0.25) is 9.69 Å². The Morgan fingerprint density at radius 3 is 2.59 bits per heavy atom. The second kappa shape index (κ2) is 9.27. The Labute approximate surface area is 171 Å². The van der Waals surface area contributed by atoms with Gasteiger partial charge in [-0.05, 0) is 42.7 Å². The molecule has 1 aliphatic heterocycles. The summed E-state index contributed by atoms with van der Waals surface area (Å²) in [6.45, 7) is 5.06. The molecule has 3 rings (SSSR count). The van der Waals surface area contributed by atoms with Crippen LogP contribution in [0.25, 0.3) is 0 Å². The number of methoxy groups -OCH3 is 2. The molecule has 0 aliphatic carbocycles. The van der Waals surface area contributed by atoms with E-state index in [9.17, 15) is 9.18 Å². The van der Waals surface area contributed by atoms with Crippen LogP contribution in [0.15, 0.2) is 36.4 Å². The van der Waals surface area contributed by atoms with Crippen LogP contribution in [0.2, 0.25) is 0 Å². The molecule has 6 heteroatoms. The third-order valence-electron chi connectivity index (χ3n) is 5.54. The Balaban J connectivity index is 2.01. The summed E-state index contributed by atoms with van der Waals surface area (Å²) in [6, 6.07) is 10.6. The highest BCUT2D eigenvalue weighted by Gasteiger charge is 2.34. The number of fused-ring (bicyclic) bond motifs is 1. The molecule has 0 saturated heterocycles. The molecule has 0 bridgehead atoms. The molecule has 1 heterocycles. The smallest absolute Gasteiger partial charge is 0.219 e. The van der Waals surface area contributed by atoms with Crippen LogP contribution in [-0.2, 0) is 17.8 Å². The Kier molecular flexibility index (Phi) is 6.75. The summed E-state index contributed by atoms with van der Waals surface area (Å²) in [5.74, 6) is 1.13. The summed E-state index contributed by atoms with van der Waals surface area (Å²) >= 11 is 0. The lowest BCUT2D eigenvalue weighted by Gasteiger charge is -2.41. The molecule has 0 unspecified atom stereocenters. The average molecular weight is 400 g/mol. The number of hydrogen-bond donors (Lipinski definition) is 1. The molecule has 29 heavy (non-hydrogen) atoms. The minimum absolute atomic E-state index is 0.00376. The van der Waals surface area contributed by atoms with Gasteiger partial charge in [0.1, 0.15) is 5.82 Å². The fraction of sp³-hybridized carbons (Fsp3) is 0.435. The van der Waals surface area contributed by atoms with E-state index in [2.05, 4.69) is 10.2 Å². The van der Waals surface area contributed by atoms with Crippen LogP contribution in [-0.4, -0.2) is 37.6 Å². The van der Waals surface area contributed by atoms with Crippen molar-refractivity contribution in [2.45, 2.75) is 45.3 Å². The predicted molar refractivity (Wildman–Crippen MR) is 111 cm³/mol. The van der Waals surface area contributed by atoms with Crippen molar-refractivity contribution in [3.8, 4) is 11.5 Å². The van der Waals surface area contributed by atoms with Crippen LogP contribution >= 0.6 is 0 Å². The summed E-state index contributed by atoms with van der Waals surface area (Å²) in [7, 11) is 3.24. The molecular weight excluding hydrogens is 371 g/mol. The predicted octanol–water partition coefficient (Wildman–Crippen LogP) is 3.86. The van der Waals surface area contributed by atoms with Gasteiger partial charge in [0, 0.05) is 31.1 Å². The number of nitrogens with one attached hydrogen (secondary N) is 1. The SMILES string of the molecule is CCC(=O)N[C@@H](C)[C@@H]1c2cc(OC)c(OC)cc2CCN1Cc1ccccc1F. The minimum Gasteiger partial charge on any atom is -0.493 e. The summed E-state index contributed by atoms with van der Waals surface area (Å²) in [6.07, 6.45) is 1.23. The van der Waals surface area contributed by atoms with Crippen molar-refractivity contribution in [1.82, 2.24) is 10.2 Å². The molecule has 5 nitrogen and oxygen atoms in total. The van der Waals surface area contributed by atoms with Gasteiger partial charge in [0.2, 0.25) is 5.91 Å². The zero-order chi connectivity index (χ0) is 21.0. The highest BCUT2D eigenvalue weighted by atomic mass is 19.1. The quantitative estimate of drug-likeness (QED) is 0.767. The topological polar surface area (TPSA) is 50.8 Å². The van der Waals surface area contributed by atoms with Crippen LogP contribution in [0.3, 0.4) is 0 Å². The van der Waals surface area contributed by atoms with Gasteiger partial charge in [0.25, 0.3) is 0 Å². The first kappa shape index (κ1) is 21.1. The second-order valence-electron chi connectivity index (χ2n) is 7.37. The molecular formula is C23H29FN2O3. The molecule has 0 aromatic heterocycles. The molecule has 0 fully saturated rings. The van der Waals surface area contributed by atoms with E-state index in [1.807, 2.05) is 38.1 Å². The Morgan fingerprint density at radius 2 is 1.93 bits per heavy atom. The van der Waals surface area contributed by atoms with E-state index in [1.165, 1.54) is 6.07 Å². The third-order valence-corrected chi connectivity index (χ3v) is 5.54. The van der Waals surface area contributed by atoms with Crippen LogP contribution in [0.5, 0.6) is 11.5 Å². The highest BCUT2D eigenvalue weighted by Crippen LogP contribution is 2.40. The molecule has 1 N–H and O–H groups in total. The zero-order valence-electron chi connectivity index (χ0n) is 17.5. The average Bonchev–Trinajstić information content (AvgIpc) is 2.73. The number of halogens is 1. The molecule has 0 saturated carbocycles. The Morgan fingerprint density at radius 1 is 1.24 bits per heavy atom. The summed E-state index contributed by atoms with van der Waals surface area (Å²) in [4.78, 5) is 14.3. The lowest BCUT2D eigenvalue weighted by Crippen LogP contribution is -2.47. The van der Waals surface area contributed by atoms with Crippen molar-refractivity contribution in [2.24, 2.45) is 0 Å². The van der Waals surface area contributed by atoms with Gasteiger partial charge in [-0.15, -0.1) is 0 Å². The first-order valence-electron chi connectivity index (χ1n) is 10.00. The van der Waals surface area contributed by atoms with Crippen molar-refractivity contribution in [1.29, 1.82) is 0 Å². The van der Waals surface area contributed by atoms with Crippen molar-refractivity contribution < 1.29 is 18.7 Å². The third kappa shape index (κ3) is 4.53. The summed E-state index contributed by atoms with van der Waals surface area (Å²) in [5.41, 5.74) is 2.89. The fourth-order valence-electron chi connectivity index (χ4n) is 4.07. The molecule has 2 aromatic carbocycles. The van der Waals surface area contributed by atoms with Crippen LogP contribution < -0.4 is 14.8 Å². The zero-order valence-corrected chi connectivity index (χ0v) is 17.5. The Bertz CT molecular complexity index is 871. The standard InChI is InChI=1S/C23H29FN2O3/c1-5-22(27)25-15(2)23-18-13-21(29-4)20(28-3)12-16(18)10-11-26(23)14-17-8-6-7-9-19(17)24/h6-9,12-13,15,23H,5,10-11,14H2,1-4H3,(H,25,27)/t15-,23+/m0/s1. The number of carbonyl (C=O) groups is 1. The van der Waals surface area contributed by atoms with Crippen molar-refractivity contribution in [3.63, 3.8) is 0 Å². The maximum absolute atomic E-state index is 14.3. The molecule has 0 radical (unpaired) electrons. The lowest BCUT2D eigenvalue weighted by molar-refractivity contribution is -0.121. The molecule has 1 amide bonds. The van der Waals surface area contributed by atoms with Crippen molar-refractivity contribution in [3.05, 3.63) is 58.9 Å². The number of amides is 1. The first-order chi connectivity index (χ1) is 14.0. The van der Waals surface area contributed by atoms with E-state index in [1.54, 1.807) is 20.3 Å². The number of nitrogens with zero attached hydrogens (tertiary/aromatic N) is 1. The van der Waals surface area contributed by atoms with E-state index in [0.717, 1.165) is 24.1 Å². The second-order valence-corrected chi connectivity index (χ2v) is 7.37. The van der Waals surface area contributed by atoms with Gasteiger partial charge in [-0.1, -0.05) is 25.1 Å². The van der Waals surface area contributed by atoms with Gasteiger partial charge in [0.05, 0.1) is 20.3 Å².